The molecule has 4 rings (SSSR count). The van der Waals surface area contributed by atoms with Gasteiger partial charge in [0.05, 0.1) is 12.6 Å². The van der Waals surface area contributed by atoms with Crippen molar-refractivity contribution in [2.45, 2.75) is 37.1 Å². The Balaban J connectivity index is 1.26. The molecule has 1 aliphatic rings. The highest BCUT2D eigenvalue weighted by molar-refractivity contribution is 7.99. The number of benzene rings is 3. The number of nitrogens with one attached hydrogen (secondary N) is 1. The summed E-state index contributed by atoms with van der Waals surface area (Å²) in [7, 11) is 0. The predicted molar refractivity (Wildman–Crippen MR) is 123 cm³/mol. The first kappa shape index (κ1) is 20.5. The van der Waals surface area contributed by atoms with Crippen molar-refractivity contribution < 1.29 is 9.53 Å². The molecule has 3 nitrogen and oxygen atoms in total. The topological polar surface area (TPSA) is 38.3 Å². The van der Waals surface area contributed by atoms with Gasteiger partial charge in [0.1, 0.15) is 5.75 Å². The molecule has 1 amide bonds. The lowest BCUT2D eigenvalue weighted by Gasteiger charge is -2.16. The molecule has 0 spiro atoms. The van der Waals surface area contributed by atoms with Crippen LogP contribution in [0, 0.1) is 0 Å². The van der Waals surface area contributed by atoms with E-state index in [2.05, 4.69) is 35.6 Å². The van der Waals surface area contributed by atoms with Crippen molar-refractivity contribution in [3.63, 3.8) is 0 Å². The summed E-state index contributed by atoms with van der Waals surface area (Å²) in [5.41, 5.74) is 4.70. The summed E-state index contributed by atoms with van der Waals surface area (Å²) in [6.45, 7) is 2.66. The average molecular weight is 418 g/mol. The number of carbonyl (C=O) groups is 1. The van der Waals surface area contributed by atoms with E-state index in [1.165, 1.54) is 34.4 Å². The summed E-state index contributed by atoms with van der Waals surface area (Å²) in [5.74, 6) is 1.60. The zero-order valence-corrected chi connectivity index (χ0v) is 18.1. The van der Waals surface area contributed by atoms with E-state index in [1.54, 1.807) is 11.8 Å². The van der Waals surface area contributed by atoms with E-state index in [1.807, 2.05) is 49.4 Å². The molecule has 0 radical (unpaired) electrons. The monoisotopic (exact) mass is 417 g/mol. The Morgan fingerprint density at radius 2 is 1.77 bits per heavy atom. The molecule has 1 N–H and O–H groups in total. The van der Waals surface area contributed by atoms with E-state index in [0.717, 1.165) is 17.9 Å². The average Bonchev–Trinajstić information content (AvgIpc) is 3.26. The summed E-state index contributed by atoms with van der Waals surface area (Å²) in [5, 5.41) is 3.11. The van der Waals surface area contributed by atoms with E-state index in [9.17, 15) is 4.79 Å². The summed E-state index contributed by atoms with van der Waals surface area (Å²) in [6.07, 6.45) is 3.56. The van der Waals surface area contributed by atoms with E-state index >= 15 is 0 Å². The molecule has 4 heteroatoms. The molecule has 0 saturated carbocycles. The van der Waals surface area contributed by atoms with Crippen molar-refractivity contribution in [1.82, 2.24) is 5.32 Å². The minimum Gasteiger partial charge on any atom is -0.493 e. The van der Waals surface area contributed by atoms with Crippen molar-refractivity contribution in [2.24, 2.45) is 0 Å². The Morgan fingerprint density at radius 3 is 2.57 bits per heavy atom. The third-order valence-electron chi connectivity index (χ3n) is 5.45. The van der Waals surface area contributed by atoms with Gasteiger partial charge in [-0.1, -0.05) is 36.4 Å². The molecular formula is C26H27NO2S. The molecule has 0 fully saturated rings. The summed E-state index contributed by atoms with van der Waals surface area (Å²) >= 11 is 1.77. The van der Waals surface area contributed by atoms with Gasteiger partial charge in [0.15, 0.2) is 0 Å². The number of rotatable bonds is 8. The van der Waals surface area contributed by atoms with E-state index in [0.29, 0.717) is 12.2 Å². The van der Waals surface area contributed by atoms with Crippen molar-refractivity contribution >= 4 is 17.7 Å². The zero-order chi connectivity index (χ0) is 20.8. The molecule has 30 heavy (non-hydrogen) atoms. The normalized spacial score (nSPS) is 13.5. The van der Waals surface area contributed by atoms with E-state index in [-0.39, 0.29) is 11.9 Å². The van der Waals surface area contributed by atoms with Crippen molar-refractivity contribution in [1.29, 1.82) is 0 Å². The number of thioether (sulfide) groups is 1. The molecule has 0 aromatic heterocycles. The molecule has 0 heterocycles. The Bertz CT molecular complexity index is 986. The Morgan fingerprint density at radius 1 is 1.00 bits per heavy atom. The molecule has 0 bridgehead atoms. The zero-order valence-electron chi connectivity index (χ0n) is 17.3. The van der Waals surface area contributed by atoms with Crippen LogP contribution in [-0.4, -0.2) is 18.3 Å². The van der Waals surface area contributed by atoms with Crippen LogP contribution in [0.25, 0.3) is 0 Å². The second-order valence-electron chi connectivity index (χ2n) is 7.61. The maximum Gasteiger partial charge on any atom is 0.251 e. The standard InChI is InChI=1S/C26H27NO2S/c1-19(22-11-10-20-6-5-7-23(20)18-22)27-26(28)21-12-14-24(15-13-21)29-16-17-30-25-8-3-2-4-9-25/h2-4,8-15,18-19H,5-7,16-17H2,1H3,(H,27,28)/t19-/m0/s1. The van der Waals surface area contributed by atoms with Gasteiger partial charge in [0, 0.05) is 16.2 Å². The second kappa shape index (κ2) is 9.86. The lowest BCUT2D eigenvalue weighted by molar-refractivity contribution is 0.0940. The van der Waals surface area contributed by atoms with Crippen molar-refractivity contribution in [2.75, 3.05) is 12.4 Å². The van der Waals surface area contributed by atoms with E-state index in [4.69, 9.17) is 4.74 Å². The Labute approximate surface area is 182 Å². The number of aryl methyl sites for hydroxylation is 2. The van der Waals surface area contributed by atoms with Crippen LogP contribution in [0.15, 0.2) is 77.7 Å². The number of hydrogen-bond donors (Lipinski definition) is 1. The van der Waals surface area contributed by atoms with Gasteiger partial charge < -0.3 is 10.1 Å². The number of fused-ring (bicyclic) bond motifs is 1. The van der Waals surface area contributed by atoms with Crippen LogP contribution in [0.5, 0.6) is 5.75 Å². The molecule has 0 unspecified atom stereocenters. The molecule has 0 saturated heterocycles. The minimum atomic E-state index is -0.0609. The van der Waals surface area contributed by atoms with Gasteiger partial charge in [-0.25, -0.2) is 0 Å². The maximum absolute atomic E-state index is 12.6. The number of ether oxygens (including phenoxy) is 1. The molecule has 0 aliphatic heterocycles. The largest absolute Gasteiger partial charge is 0.493 e. The summed E-state index contributed by atoms with van der Waals surface area (Å²) < 4.78 is 5.80. The van der Waals surface area contributed by atoms with Crippen LogP contribution >= 0.6 is 11.8 Å². The third kappa shape index (κ3) is 5.25. The Kier molecular flexibility index (Phi) is 6.75. The fourth-order valence-electron chi connectivity index (χ4n) is 3.76. The minimum absolute atomic E-state index is 0.0191. The highest BCUT2D eigenvalue weighted by atomic mass is 32.2. The first-order valence-corrected chi connectivity index (χ1v) is 11.5. The predicted octanol–water partition coefficient (Wildman–Crippen LogP) is 5.84. The van der Waals surface area contributed by atoms with Crippen LogP contribution in [0.3, 0.4) is 0 Å². The number of amides is 1. The van der Waals surface area contributed by atoms with Gasteiger partial charge in [0.2, 0.25) is 0 Å². The van der Waals surface area contributed by atoms with Gasteiger partial charge in [-0.05, 0) is 79.3 Å². The summed E-state index contributed by atoms with van der Waals surface area (Å²) in [6, 6.07) is 24.2. The fraction of sp³-hybridized carbons (Fsp3) is 0.269. The van der Waals surface area contributed by atoms with Crippen LogP contribution < -0.4 is 10.1 Å². The fourth-order valence-corrected chi connectivity index (χ4v) is 4.51. The van der Waals surface area contributed by atoms with Crippen LogP contribution in [-0.2, 0) is 12.8 Å². The van der Waals surface area contributed by atoms with Gasteiger partial charge in [-0.3, -0.25) is 4.79 Å². The number of carbonyl (C=O) groups excluding carboxylic acids is 1. The van der Waals surface area contributed by atoms with Gasteiger partial charge in [-0.2, -0.15) is 0 Å². The number of hydrogen-bond acceptors (Lipinski definition) is 3. The first-order chi connectivity index (χ1) is 14.7. The second-order valence-corrected chi connectivity index (χ2v) is 8.78. The SMILES string of the molecule is C[C@H](NC(=O)c1ccc(OCCSc2ccccc2)cc1)c1ccc2c(c1)CCC2. The van der Waals surface area contributed by atoms with Crippen LogP contribution in [0.4, 0.5) is 0 Å². The lowest BCUT2D eigenvalue weighted by Crippen LogP contribution is -2.26. The highest BCUT2D eigenvalue weighted by Gasteiger charge is 2.15. The molecule has 154 valence electrons. The van der Waals surface area contributed by atoms with Gasteiger partial charge in [0.25, 0.3) is 5.91 Å². The van der Waals surface area contributed by atoms with Crippen molar-refractivity contribution in [3.8, 4) is 5.75 Å². The lowest BCUT2D eigenvalue weighted by atomic mass is 10.0. The Hall–Kier alpha value is -2.72. The highest BCUT2D eigenvalue weighted by Crippen LogP contribution is 2.25. The van der Waals surface area contributed by atoms with Gasteiger partial charge in [-0.15, -0.1) is 11.8 Å². The molecule has 1 aliphatic carbocycles. The quantitative estimate of drug-likeness (QED) is 0.370. The van der Waals surface area contributed by atoms with Crippen LogP contribution in [0.1, 0.15) is 46.4 Å². The molecular weight excluding hydrogens is 390 g/mol. The maximum atomic E-state index is 12.6. The first-order valence-electron chi connectivity index (χ1n) is 10.5. The molecule has 3 aromatic rings. The molecule has 3 aromatic carbocycles. The van der Waals surface area contributed by atoms with Gasteiger partial charge >= 0.3 is 0 Å². The third-order valence-corrected chi connectivity index (χ3v) is 6.43. The van der Waals surface area contributed by atoms with E-state index < -0.39 is 0 Å². The van der Waals surface area contributed by atoms with Crippen molar-refractivity contribution in [3.05, 3.63) is 95.1 Å². The smallest absolute Gasteiger partial charge is 0.251 e. The summed E-state index contributed by atoms with van der Waals surface area (Å²) in [4.78, 5) is 13.9. The molecule has 1 atom stereocenters. The van der Waals surface area contributed by atoms with Crippen LogP contribution in [0.2, 0.25) is 0 Å².